The number of phenols is 1. The number of hydrogen-bond donors (Lipinski definition) is 1. The number of pyridine rings is 1. The SMILES string of the molecule is O=[N+]([O-])c1ccc(O)c2[nH+]cccc12.[O-][Cl+3]([O-])([O-])[O-]. The van der Waals surface area contributed by atoms with Crippen LogP contribution in [0.4, 0.5) is 5.69 Å². The largest absolute Gasteiger partial charge is 0.502 e. The van der Waals surface area contributed by atoms with E-state index in [1.165, 1.54) is 12.1 Å². The van der Waals surface area contributed by atoms with Crippen molar-refractivity contribution in [3.63, 3.8) is 0 Å². The molecule has 0 aliphatic rings. The van der Waals surface area contributed by atoms with Gasteiger partial charge in [0.05, 0.1) is 4.92 Å². The average Bonchev–Trinajstić information content (AvgIpc) is 2.27. The van der Waals surface area contributed by atoms with Gasteiger partial charge in [0.25, 0.3) is 11.2 Å². The first-order valence-corrected chi connectivity index (χ1v) is 5.82. The van der Waals surface area contributed by atoms with Gasteiger partial charge in [-0.1, -0.05) is 0 Å². The summed E-state index contributed by atoms with van der Waals surface area (Å²) in [6, 6.07) is 5.82. The van der Waals surface area contributed by atoms with Gasteiger partial charge in [0.15, 0.2) is 11.9 Å². The minimum absolute atomic E-state index is 0.00574. The molecule has 0 saturated carbocycles. The maximum absolute atomic E-state index is 10.6. The van der Waals surface area contributed by atoms with Crippen LogP contribution in [0.15, 0.2) is 30.5 Å². The second-order valence-corrected chi connectivity index (χ2v) is 3.95. The first kappa shape index (κ1) is 15.0. The molecule has 10 heteroatoms. The first-order valence-electron chi connectivity index (χ1n) is 4.58. The fourth-order valence-electron chi connectivity index (χ4n) is 1.35. The number of fused-ring (bicyclic) bond motifs is 1. The van der Waals surface area contributed by atoms with Crippen LogP contribution >= 0.6 is 0 Å². The Balaban J connectivity index is 0.000000312. The van der Waals surface area contributed by atoms with Crippen LogP contribution in [-0.2, 0) is 0 Å². The number of phenolic OH excluding ortho intramolecular Hbond substituents is 1. The Labute approximate surface area is 107 Å². The van der Waals surface area contributed by atoms with Crippen molar-refractivity contribution in [3.05, 3.63) is 40.6 Å². The van der Waals surface area contributed by atoms with E-state index in [0.29, 0.717) is 10.9 Å². The molecule has 1 aromatic carbocycles. The van der Waals surface area contributed by atoms with Gasteiger partial charge in [0.2, 0.25) is 0 Å². The monoisotopic (exact) mass is 290 g/mol. The van der Waals surface area contributed by atoms with Gasteiger partial charge in [-0.3, -0.25) is 10.1 Å². The molecule has 0 bridgehead atoms. The molecule has 0 amide bonds. The van der Waals surface area contributed by atoms with Crippen LogP contribution in [-0.4, -0.2) is 10.0 Å². The Hall–Kier alpha value is -2.04. The average molecular weight is 291 g/mol. The van der Waals surface area contributed by atoms with Gasteiger partial charge < -0.3 is 5.11 Å². The van der Waals surface area contributed by atoms with Crippen molar-refractivity contribution in [2.75, 3.05) is 0 Å². The van der Waals surface area contributed by atoms with Gasteiger partial charge in [-0.2, -0.15) is 0 Å². The number of nitrogens with one attached hydrogen (secondary N) is 1. The van der Waals surface area contributed by atoms with Crippen LogP contribution in [0.5, 0.6) is 5.75 Å². The second kappa shape index (κ2) is 5.73. The lowest BCUT2D eigenvalue weighted by molar-refractivity contribution is -2.00. The molecular formula is C9H7ClN2O7. The molecule has 0 saturated heterocycles. The molecule has 2 N–H and O–H groups in total. The van der Waals surface area contributed by atoms with E-state index < -0.39 is 15.2 Å². The van der Waals surface area contributed by atoms with Crippen LogP contribution in [0.25, 0.3) is 10.9 Å². The number of aromatic nitrogens is 1. The molecule has 9 nitrogen and oxygen atoms in total. The molecule has 0 atom stereocenters. The number of aromatic amines is 1. The minimum atomic E-state index is -4.94. The van der Waals surface area contributed by atoms with Gasteiger partial charge in [-0.25, -0.2) is 23.6 Å². The quantitative estimate of drug-likeness (QED) is 0.419. The molecular weight excluding hydrogens is 284 g/mol. The number of nitrogens with zero attached hydrogens (tertiary/aromatic N) is 1. The highest BCUT2D eigenvalue weighted by Crippen LogP contribution is 2.28. The van der Waals surface area contributed by atoms with Crippen molar-refractivity contribution in [3.8, 4) is 5.75 Å². The van der Waals surface area contributed by atoms with Gasteiger partial charge in [-0.05, 0) is 12.1 Å². The lowest BCUT2D eigenvalue weighted by Gasteiger charge is -2.17. The molecule has 2 aromatic rings. The molecule has 1 heterocycles. The summed E-state index contributed by atoms with van der Waals surface area (Å²) < 4.78 is 34.0. The smallest absolute Gasteiger partial charge is 0.283 e. The van der Waals surface area contributed by atoms with E-state index in [1.807, 2.05) is 0 Å². The highest BCUT2D eigenvalue weighted by Gasteiger charge is 2.17. The molecule has 2 rings (SSSR count). The Bertz CT molecular complexity index is 593. The summed E-state index contributed by atoms with van der Waals surface area (Å²) in [6.07, 6.45) is 1.60. The van der Waals surface area contributed by atoms with Crippen molar-refractivity contribution in [1.82, 2.24) is 0 Å². The minimum Gasteiger partial charge on any atom is -0.502 e. The zero-order valence-electron chi connectivity index (χ0n) is 9.11. The molecule has 0 aliphatic carbocycles. The van der Waals surface area contributed by atoms with E-state index in [9.17, 15) is 15.2 Å². The summed E-state index contributed by atoms with van der Waals surface area (Å²) >= 11 is 0. The van der Waals surface area contributed by atoms with Gasteiger partial charge in [-0.15, -0.1) is 10.2 Å². The predicted molar refractivity (Wildman–Crippen MR) is 48.8 cm³/mol. The van der Waals surface area contributed by atoms with E-state index in [1.54, 1.807) is 18.3 Å². The Morgan fingerprint density at radius 2 is 1.74 bits per heavy atom. The molecule has 19 heavy (non-hydrogen) atoms. The first-order chi connectivity index (χ1) is 8.70. The number of halogens is 1. The summed E-state index contributed by atoms with van der Waals surface area (Å²) in [5, 5.41) is 20.5. The number of non-ortho nitro benzene ring substituents is 1. The molecule has 1 aromatic heterocycles. The Morgan fingerprint density at radius 3 is 2.26 bits per heavy atom. The third-order valence-electron chi connectivity index (χ3n) is 1.98. The van der Waals surface area contributed by atoms with Crippen molar-refractivity contribution < 1.29 is 43.9 Å². The van der Waals surface area contributed by atoms with Crippen molar-refractivity contribution >= 4 is 16.6 Å². The van der Waals surface area contributed by atoms with E-state index in [4.69, 9.17) is 18.6 Å². The maximum atomic E-state index is 10.6. The van der Waals surface area contributed by atoms with Gasteiger partial charge >= 0.3 is 0 Å². The normalized spacial score (nSPS) is 10.7. The third-order valence-corrected chi connectivity index (χ3v) is 1.98. The number of nitro benzene ring substituents is 1. The van der Waals surface area contributed by atoms with E-state index in [-0.39, 0.29) is 11.4 Å². The van der Waals surface area contributed by atoms with Crippen LogP contribution < -0.4 is 23.6 Å². The molecule has 0 radical (unpaired) electrons. The number of rotatable bonds is 1. The zero-order valence-corrected chi connectivity index (χ0v) is 9.86. The van der Waals surface area contributed by atoms with Crippen molar-refractivity contribution in [2.45, 2.75) is 0 Å². The summed E-state index contributed by atoms with van der Waals surface area (Å²) in [5.74, 6) is 0.00574. The van der Waals surface area contributed by atoms with Crippen LogP contribution in [0.1, 0.15) is 0 Å². The lowest BCUT2D eigenvalue weighted by atomic mass is 10.2. The molecule has 0 spiro atoms. The molecule has 102 valence electrons. The van der Waals surface area contributed by atoms with Crippen molar-refractivity contribution in [2.24, 2.45) is 0 Å². The van der Waals surface area contributed by atoms with Crippen molar-refractivity contribution in [1.29, 1.82) is 0 Å². The maximum Gasteiger partial charge on any atom is 0.283 e. The van der Waals surface area contributed by atoms with E-state index >= 15 is 0 Å². The summed E-state index contributed by atoms with van der Waals surface area (Å²) in [7, 11) is -4.94. The van der Waals surface area contributed by atoms with Crippen LogP contribution in [0, 0.1) is 20.4 Å². The van der Waals surface area contributed by atoms with Gasteiger partial charge in [0, 0.05) is 12.1 Å². The van der Waals surface area contributed by atoms with Crippen LogP contribution in [0.2, 0.25) is 0 Å². The van der Waals surface area contributed by atoms with Crippen LogP contribution in [0.3, 0.4) is 0 Å². The number of aromatic hydroxyl groups is 1. The standard InChI is InChI=1S/C9H6N2O3.ClHO4/c12-8-4-3-7(11(13)14)6-2-1-5-10-9(6)8;2-1(3,4)5/h1-5,12H;(H,2,3,4,5). The molecule has 0 fully saturated rings. The Kier molecular flexibility index (Phi) is 4.53. The highest BCUT2D eigenvalue weighted by molar-refractivity contribution is 5.89. The summed E-state index contributed by atoms with van der Waals surface area (Å²) in [6.45, 7) is 0. The third kappa shape index (κ3) is 4.62. The topological polar surface area (TPSA) is 170 Å². The Morgan fingerprint density at radius 1 is 1.16 bits per heavy atom. The van der Waals surface area contributed by atoms with Gasteiger partial charge in [0.1, 0.15) is 5.39 Å². The summed E-state index contributed by atoms with van der Waals surface area (Å²) in [5.41, 5.74) is 0.358. The number of benzene rings is 1. The molecule has 0 aliphatic heterocycles. The fraction of sp³-hybridized carbons (Fsp3) is 0. The number of nitro groups is 1. The lowest BCUT2D eigenvalue weighted by Crippen LogP contribution is -2.68. The van der Waals surface area contributed by atoms with E-state index in [2.05, 4.69) is 4.98 Å². The highest BCUT2D eigenvalue weighted by atomic mass is 35.7. The van der Waals surface area contributed by atoms with E-state index in [0.717, 1.165) is 0 Å². The number of H-pyrrole nitrogens is 1. The summed E-state index contributed by atoms with van der Waals surface area (Å²) in [4.78, 5) is 12.9. The predicted octanol–water partition coefficient (Wildman–Crippen LogP) is -3.49. The number of hydrogen-bond acceptors (Lipinski definition) is 7. The fourth-order valence-corrected chi connectivity index (χ4v) is 1.35. The second-order valence-electron chi connectivity index (χ2n) is 3.20. The zero-order chi connectivity index (χ0) is 14.6. The molecule has 0 unspecified atom stereocenters.